The van der Waals surface area contributed by atoms with E-state index in [2.05, 4.69) is 148 Å². The molecule has 398 valence electrons. The van der Waals surface area contributed by atoms with E-state index >= 15 is 0 Å². The summed E-state index contributed by atoms with van der Waals surface area (Å²) in [5.41, 5.74) is 20.8. The summed E-state index contributed by atoms with van der Waals surface area (Å²) in [6.07, 6.45) is 48.2. The predicted molar refractivity (Wildman–Crippen MR) is 323 cm³/mol. The third-order valence-corrected chi connectivity index (χ3v) is 16.5. The topological polar surface area (TPSA) is 27.6 Å². The fourth-order valence-electron chi connectivity index (χ4n) is 12.4. The molecule has 0 radical (unpaired) electrons. The van der Waals surface area contributed by atoms with E-state index in [0.717, 1.165) is 0 Å². The highest BCUT2D eigenvalue weighted by Gasteiger charge is 2.36. The summed E-state index contributed by atoms with van der Waals surface area (Å²) < 4.78 is 0. The standard InChI is InChI=1S/C37H77N.C32H36B/c1-3-5-7-9-11-13-15-17-19-21-23-25-27-29-31-33-35-37(38)36-34-32-30-28-26-24-22-20-18-16-14-12-10-8-6-4-2;1-21-9-13-29(25(5)17-21)33(30-14-10-22(2)18-26(30)6,31-15-11-23(3)19-27(31)7)32-16-12-24(4)20-28(32)8/h37H,3-36,38H2,1-2H3;9-20H,1-8H3/q;-1/p+1. The van der Waals surface area contributed by atoms with Crippen molar-refractivity contribution < 1.29 is 5.73 Å². The third-order valence-electron chi connectivity index (χ3n) is 16.5. The maximum Gasteiger partial charge on any atom is 0.109 e. The number of aryl methyl sites for hydroxylation is 8. The molecule has 0 atom stereocenters. The van der Waals surface area contributed by atoms with Crippen LogP contribution in [0.4, 0.5) is 0 Å². The van der Waals surface area contributed by atoms with Crippen LogP contribution < -0.4 is 27.6 Å². The molecule has 0 saturated carbocycles. The first-order chi connectivity index (χ1) is 34.4. The minimum atomic E-state index is -1.38. The maximum atomic E-state index is 4.45. The molecule has 0 aliphatic heterocycles. The maximum absolute atomic E-state index is 4.45. The number of unbranched alkanes of at least 4 members (excludes halogenated alkanes) is 30. The third kappa shape index (κ3) is 23.8. The fraction of sp³-hybridized carbons (Fsp3) is 0.652. The average Bonchev–Trinajstić information content (AvgIpc) is 3.33. The van der Waals surface area contributed by atoms with E-state index in [1.807, 2.05) is 0 Å². The number of quaternary nitrogens is 1. The molecule has 0 bridgehead atoms. The average molecular weight is 968 g/mol. The van der Waals surface area contributed by atoms with Gasteiger partial charge in [0.25, 0.3) is 0 Å². The van der Waals surface area contributed by atoms with Gasteiger partial charge in [-0.25, -0.2) is 0 Å². The lowest BCUT2D eigenvalue weighted by Gasteiger charge is -2.48. The van der Waals surface area contributed by atoms with Crippen molar-refractivity contribution in [2.24, 2.45) is 0 Å². The molecule has 0 spiro atoms. The van der Waals surface area contributed by atoms with Gasteiger partial charge in [-0.2, -0.15) is 21.9 Å². The summed E-state index contributed by atoms with van der Waals surface area (Å²) in [6.45, 7) is 22.5. The molecule has 3 N–H and O–H groups in total. The molecule has 71 heavy (non-hydrogen) atoms. The molecule has 0 amide bonds. The van der Waals surface area contributed by atoms with Gasteiger partial charge in [-0.3, -0.25) is 0 Å². The highest BCUT2D eigenvalue weighted by atomic mass is 14.6. The number of hydrogen-bond donors (Lipinski definition) is 1. The Kier molecular flexibility index (Phi) is 32.9. The summed E-state index contributed by atoms with van der Waals surface area (Å²) in [4.78, 5) is 0. The van der Waals surface area contributed by atoms with Crippen LogP contribution >= 0.6 is 0 Å². The highest BCUT2D eigenvalue weighted by Crippen LogP contribution is 2.21. The van der Waals surface area contributed by atoms with Gasteiger partial charge in [-0.1, -0.05) is 324 Å². The van der Waals surface area contributed by atoms with Gasteiger partial charge in [-0.05, 0) is 81.1 Å². The molecule has 0 fully saturated rings. The molecule has 0 aliphatic rings. The lowest BCUT2D eigenvalue weighted by Crippen LogP contribution is -2.76. The summed E-state index contributed by atoms with van der Waals surface area (Å²) >= 11 is 0. The number of rotatable bonds is 38. The van der Waals surface area contributed by atoms with Crippen molar-refractivity contribution in [3.8, 4) is 0 Å². The van der Waals surface area contributed by atoms with Crippen LogP contribution in [0.2, 0.25) is 0 Å². The van der Waals surface area contributed by atoms with Crippen molar-refractivity contribution in [1.82, 2.24) is 0 Å². The highest BCUT2D eigenvalue weighted by molar-refractivity contribution is 7.20. The lowest BCUT2D eigenvalue weighted by atomic mass is 9.11. The quantitative estimate of drug-likeness (QED) is 0.0342. The van der Waals surface area contributed by atoms with Crippen LogP contribution in [0.5, 0.6) is 0 Å². The summed E-state index contributed by atoms with van der Waals surface area (Å²) in [5.74, 6) is 0. The Morgan fingerprint density at radius 1 is 0.282 bits per heavy atom. The van der Waals surface area contributed by atoms with Crippen molar-refractivity contribution in [3.63, 3.8) is 0 Å². The Bertz CT molecular complexity index is 1720. The molecule has 2 heteroatoms. The monoisotopic (exact) mass is 968 g/mol. The molecular formula is C69H114BN. The molecule has 0 unspecified atom stereocenters. The first-order valence-corrected chi connectivity index (χ1v) is 30.7. The predicted octanol–water partition coefficient (Wildman–Crippen LogP) is 18.4. The zero-order valence-electron chi connectivity index (χ0n) is 48.8. The van der Waals surface area contributed by atoms with Gasteiger partial charge in [0.15, 0.2) is 0 Å². The van der Waals surface area contributed by atoms with Crippen molar-refractivity contribution in [2.75, 3.05) is 0 Å². The molecule has 0 aliphatic carbocycles. The van der Waals surface area contributed by atoms with Crippen molar-refractivity contribution in [2.45, 2.75) is 294 Å². The van der Waals surface area contributed by atoms with Gasteiger partial charge < -0.3 is 5.73 Å². The van der Waals surface area contributed by atoms with E-state index in [9.17, 15) is 0 Å². The van der Waals surface area contributed by atoms with E-state index in [-0.39, 0.29) is 0 Å². The Balaban J connectivity index is 0.000000378. The number of benzene rings is 4. The van der Waals surface area contributed by atoms with Gasteiger partial charge in [0.1, 0.15) is 6.15 Å². The first-order valence-electron chi connectivity index (χ1n) is 30.7. The molecular weight excluding hydrogens is 854 g/mol. The van der Waals surface area contributed by atoms with Crippen molar-refractivity contribution >= 4 is 28.0 Å². The summed E-state index contributed by atoms with van der Waals surface area (Å²) in [5, 5.41) is 0. The zero-order valence-corrected chi connectivity index (χ0v) is 48.8. The van der Waals surface area contributed by atoms with Gasteiger partial charge >= 0.3 is 0 Å². The second-order valence-electron chi connectivity index (χ2n) is 23.4. The van der Waals surface area contributed by atoms with Crippen molar-refractivity contribution in [1.29, 1.82) is 0 Å². The molecule has 4 aromatic rings. The molecule has 0 aromatic heterocycles. The molecule has 0 saturated heterocycles. The van der Waals surface area contributed by atoms with E-state index in [0.29, 0.717) is 6.04 Å². The summed E-state index contributed by atoms with van der Waals surface area (Å²) in [7, 11) is 0. The largest absolute Gasteiger partial charge is 0.355 e. The van der Waals surface area contributed by atoms with E-state index in [1.165, 1.54) is 285 Å². The smallest absolute Gasteiger partial charge is 0.109 e. The van der Waals surface area contributed by atoms with Crippen molar-refractivity contribution in [3.05, 3.63) is 117 Å². The van der Waals surface area contributed by atoms with E-state index < -0.39 is 6.15 Å². The zero-order chi connectivity index (χ0) is 51.5. The minimum Gasteiger partial charge on any atom is -0.355 e. The Morgan fingerprint density at radius 3 is 0.648 bits per heavy atom. The lowest BCUT2D eigenvalue weighted by molar-refractivity contribution is -0.423. The Morgan fingerprint density at radius 2 is 0.465 bits per heavy atom. The first kappa shape index (κ1) is 62.2. The van der Waals surface area contributed by atoms with Crippen LogP contribution in [0.1, 0.15) is 277 Å². The number of hydrogen-bond acceptors (Lipinski definition) is 0. The second-order valence-corrected chi connectivity index (χ2v) is 23.4. The Hall–Kier alpha value is -3.10. The molecule has 4 aromatic carbocycles. The van der Waals surface area contributed by atoms with E-state index in [1.54, 1.807) is 0 Å². The van der Waals surface area contributed by atoms with Gasteiger partial charge in [-0.15, -0.1) is 0 Å². The second kappa shape index (κ2) is 37.6. The van der Waals surface area contributed by atoms with E-state index in [4.69, 9.17) is 0 Å². The van der Waals surface area contributed by atoms with Gasteiger partial charge in [0.2, 0.25) is 0 Å². The van der Waals surface area contributed by atoms with Crippen LogP contribution in [0.3, 0.4) is 0 Å². The van der Waals surface area contributed by atoms with Crippen LogP contribution in [0.25, 0.3) is 0 Å². The van der Waals surface area contributed by atoms with Crippen LogP contribution in [0.15, 0.2) is 72.8 Å². The molecule has 0 heterocycles. The SMILES string of the molecule is CCCCCCCCCCCCCCCCCCC([NH3+])CCCCCCCCCCCCCCCCCC.Cc1ccc([B-](c2ccc(C)cc2C)(c2ccc(C)cc2C)c2ccc(C)cc2C)c(C)c1. The van der Waals surface area contributed by atoms with Gasteiger partial charge in [0, 0.05) is 0 Å². The fourth-order valence-corrected chi connectivity index (χ4v) is 12.4. The summed E-state index contributed by atoms with van der Waals surface area (Å²) in [6, 6.07) is 28.8. The minimum absolute atomic E-state index is 0.716. The van der Waals surface area contributed by atoms with Crippen LogP contribution in [0, 0.1) is 55.4 Å². The normalized spacial score (nSPS) is 11.7. The Labute approximate surface area is 442 Å². The van der Waals surface area contributed by atoms with Crippen LogP contribution in [-0.2, 0) is 0 Å². The van der Waals surface area contributed by atoms with Crippen LogP contribution in [-0.4, -0.2) is 12.2 Å². The van der Waals surface area contributed by atoms with Gasteiger partial charge in [0.05, 0.1) is 6.04 Å². The molecule has 4 rings (SSSR count). The molecule has 1 nitrogen and oxygen atoms in total.